The van der Waals surface area contributed by atoms with E-state index in [2.05, 4.69) is 23.8 Å². The molecule has 1 N–H and O–H groups in total. The van der Waals surface area contributed by atoms with Crippen molar-refractivity contribution in [3.05, 3.63) is 29.3 Å². The first-order valence-corrected chi connectivity index (χ1v) is 6.33. The van der Waals surface area contributed by atoms with Gasteiger partial charge in [0.05, 0.1) is 12.6 Å². The lowest BCUT2D eigenvalue weighted by molar-refractivity contribution is 0.171. The van der Waals surface area contributed by atoms with Crippen LogP contribution in [0.5, 0.6) is 0 Å². The van der Waals surface area contributed by atoms with E-state index in [4.69, 9.17) is 11.6 Å². The van der Waals surface area contributed by atoms with Crippen LogP contribution in [0.25, 0.3) is 0 Å². The van der Waals surface area contributed by atoms with Crippen molar-refractivity contribution in [1.82, 2.24) is 4.90 Å². The molecule has 1 fully saturated rings. The Balaban J connectivity index is 2.24. The third-order valence-corrected chi connectivity index (χ3v) is 3.55. The third kappa shape index (κ3) is 2.73. The summed E-state index contributed by atoms with van der Waals surface area (Å²) in [6, 6.07) is 8.39. The molecule has 4 heteroatoms. The minimum Gasteiger partial charge on any atom is -0.394 e. The summed E-state index contributed by atoms with van der Waals surface area (Å²) in [5, 5.41) is 10.3. The van der Waals surface area contributed by atoms with Gasteiger partial charge in [-0.15, -0.1) is 0 Å². The second-order valence-electron chi connectivity index (χ2n) is 4.79. The Kier molecular flexibility index (Phi) is 3.92. The highest BCUT2D eigenvalue weighted by molar-refractivity contribution is 6.30. The first kappa shape index (κ1) is 12.7. The van der Waals surface area contributed by atoms with Gasteiger partial charge < -0.3 is 14.9 Å². The predicted molar refractivity (Wildman–Crippen MR) is 71.8 cm³/mol. The molecule has 0 spiro atoms. The molecule has 0 amide bonds. The van der Waals surface area contributed by atoms with E-state index in [0.717, 1.165) is 23.8 Å². The number of piperazine rings is 1. The number of anilines is 1. The van der Waals surface area contributed by atoms with Gasteiger partial charge >= 0.3 is 0 Å². The van der Waals surface area contributed by atoms with E-state index in [1.165, 1.54) is 0 Å². The van der Waals surface area contributed by atoms with E-state index >= 15 is 0 Å². The summed E-state index contributed by atoms with van der Waals surface area (Å²) < 4.78 is 0. The van der Waals surface area contributed by atoms with Gasteiger partial charge in [-0.3, -0.25) is 0 Å². The summed E-state index contributed by atoms with van der Waals surface area (Å²) in [6.07, 6.45) is 0. The Hall–Kier alpha value is -0.770. The van der Waals surface area contributed by atoms with Crippen LogP contribution in [0.15, 0.2) is 24.3 Å². The van der Waals surface area contributed by atoms with Crippen molar-refractivity contribution in [3.63, 3.8) is 0 Å². The van der Waals surface area contributed by atoms with Crippen molar-refractivity contribution < 1.29 is 5.11 Å². The van der Waals surface area contributed by atoms with E-state index in [1.807, 2.05) is 24.3 Å². The normalized spacial score (nSPS) is 26.2. The van der Waals surface area contributed by atoms with Crippen LogP contribution in [0.2, 0.25) is 5.02 Å². The highest BCUT2D eigenvalue weighted by Crippen LogP contribution is 2.25. The zero-order chi connectivity index (χ0) is 12.4. The van der Waals surface area contributed by atoms with Crippen molar-refractivity contribution in [3.8, 4) is 0 Å². The zero-order valence-electron chi connectivity index (χ0n) is 10.3. The quantitative estimate of drug-likeness (QED) is 0.873. The Labute approximate surface area is 108 Å². The lowest BCUT2D eigenvalue weighted by atomic mass is 10.1. The molecule has 2 atom stereocenters. The highest BCUT2D eigenvalue weighted by atomic mass is 35.5. The smallest absolute Gasteiger partial charge is 0.0651 e. The van der Waals surface area contributed by atoms with Crippen LogP contribution in [0.3, 0.4) is 0 Å². The minimum atomic E-state index is 0.157. The van der Waals surface area contributed by atoms with Gasteiger partial charge in [0.1, 0.15) is 0 Å². The van der Waals surface area contributed by atoms with Crippen LogP contribution < -0.4 is 4.90 Å². The number of nitrogens with zero attached hydrogens (tertiary/aromatic N) is 2. The second-order valence-corrected chi connectivity index (χ2v) is 5.23. The molecule has 0 aliphatic carbocycles. The SMILES string of the molecule is CC1CN(C)CC(CO)N1c1ccc(Cl)cc1. The molecular formula is C13H19ClN2O. The van der Waals surface area contributed by atoms with Crippen LogP contribution in [-0.2, 0) is 0 Å². The number of rotatable bonds is 2. The molecule has 1 aromatic carbocycles. The Morgan fingerprint density at radius 2 is 1.94 bits per heavy atom. The monoisotopic (exact) mass is 254 g/mol. The number of aliphatic hydroxyl groups is 1. The van der Waals surface area contributed by atoms with Crippen LogP contribution in [0.4, 0.5) is 5.69 Å². The lowest BCUT2D eigenvalue weighted by Crippen LogP contribution is -2.58. The molecule has 3 nitrogen and oxygen atoms in total. The molecule has 0 saturated carbocycles. The molecule has 17 heavy (non-hydrogen) atoms. The zero-order valence-corrected chi connectivity index (χ0v) is 11.1. The Morgan fingerprint density at radius 1 is 1.29 bits per heavy atom. The summed E-state index contributed by atoms with van der Waals surface area (Å²) in [5.41, 5.74) is 1.13. The van der Waals surface area contributed by atoms with E-state index in [1.54, 1.807) is 0 Å². The molecule has 0 aromatic heterocycles. The molecule has 2 rings (SSSR count). The lowest BCUT2D eigenvalue weighted by Gasteiger charge is -2.45. The highest BCUT2D eigenvalue weighted by Gasteiger charge is 2.30. The maximum Gasteiger partial charge on any atom is 0.0651 e. The standard InChI is InChI=1S/C13H19ClN2O/c1-10-7-15(2)8-13(9-17)16(10)12-5-3-11(14)4-6-12/h3-6,10,13,17H,7-9H2,1-2H3. The maximum atomic E-state index is 9.52. The molecule has 1 aliphatic heterocycles. The van der Waals surface area contributed by atoms with E-state index in [9.17, 15) is 5.11 Å². The molecular weight excluding hydrogens is 236 g/mol. The van der Waals surface area contributed by atoms with E-state index < -0.39 is 0 Å². The van der Waals surface area contributed by atoms with Crippen molar-refractivity contribution in [1.29, 1.82) is 0 Å². The average Bonchev–Trinajstić information content (AvgIpc) is 2.30. The number of benzene rings is 1. The van der Waals surface area contributed by atoms with Crippen LogP contribution in [0, 0.1) is 0 Å². The summed E-state index contributed by atoms with van der Waals surface area (Å²) in [7, 11) is 2.10. The Bertz CT molecular complexity index is 368. The van der Waals surface area contributed by atoms with E-state index in [0.29, 0.717) is 6.04 Å². The third-order valence-electron chi connectivity index (χ3n) is 3.30. The van der Waals surface area contributed by atoms with Gasteiger partial charge in [0, 0.05) is 29.8 Å². The molecule has 1 aromatic rings. The van der Waals surface area contributed by atoms with Gasteiger partial charge in [0.2, 0.25) is 0 Å². The first-order chi connectivity index (χ1) is 8.11. The predicted octanol–water partition coefficient (Wildman–Crippen LogP) is 1.84. The molecule has 1 heterocycles. The fourth-order valence-electron chi connectivity index (χ4n) is 2.65. The second kappa shape index (κ2) is 5.25. The number of hydrogen-bond acceptors (Lipinski definition) is 3. The summed E-state index contributed by atoms with van der Waals surface area (Å²) in [6.45, 7) is 4.27. The number of hydrogen-bond donors (Lipinski definition) is 1. The van der Waals surface area contributed by atoms with Crippen LogP contribution in [-0.4, -0.2) is 48.8 Å². The minimum absolute atomic E-state index is 0.157. The van der Waals surface area contributed by atoms with Crippen molar-refractivity contribution in [2.75, 3.05) is 31.6 Å². The van der Waals surface area contributed by atoms with Gasteiger partial charge in [-0.25, -0.2) is 0 Å². The topological polar surface area (TPSA) is 26.7 Å². The molecule has 1 aliphatic rings. The fraction of sp³-hybridized carbons (Fsp3) is 0.538. The van der Waals surface area contributed by atoms with Gasteiger partial charge in [0.25, 0.3) is 0 Å². The molecule has 94 valence electrons. The summed E-state index contributed by atoms with van der Waals surface area (Å²) >= 11 is 5.90. The molecule has 0 radical (unpaired) electrons. The van der Waals surface area contributed by atoms with Gasteiger partial charge in [-0.2, -0.15) is 0 Å². The molecule has 0 bridgehead atoms. The Morgan fingerprint density at radius 3 is 2.53 bits per heavy atom. The largest absolute Gasteiger partial charge is 0.394 e. The van der Waals surface area contributed by atoms with Crippen LogP contribution in [0.1, 0.15) is 6.92 Å². The number of halogens is 1. The average molecular weight is 255 g/mol. The first-order valence-electron chi connectivity index (χ1n) is 5.95. The molecule has 2 unspecified atom stereocenters. The van der Waals surface area contributed by atoms with Gasteiger partial charge in [-0.05, 0) is 38.2 Å². The fourth-order valence-corrected chi connectivity index (χ4v) is 2.77. The van der Waals surface area contributed by atoms with Crippen molar-refractivity contribution >= 4 is 17.3 Å². The summed E-state index contributed by atoms with van der Waals surface area (Å²) in [5.74, 6) is 0. The summed E-state index contributed by atoms with van der Waals surface area (Å²) in [4.78, 5) is 4.55. The van der Waals surface area contributed by atoms with Crippen LogP contribution >= 0.6 is 11.6 Å². The van der Waals surface area contributed by atoms with Gasteiger partial charge in [0.15, 0.2) is 0 Å². The number of aliphatic hydroxyl groups excluding tert-OH is 1. The number of likely N-dealkylation sites (N-methyl/N-ethyl adjacent to an activating group) is 1. The molecule has 1 saturated heterocycles. The maximum absolute atomic E-state index is 9.52. The van der Waals surface area contributed by atoms with Gasteiger partial charge in [-0.1, -0.05) is 11.6 Å². The van der Waals surface area contributed by atoms with E-state index in [-0.39, 0.29) is 12.6 Å². The van der Waals surface area contributed by atoms with Crippen molar-refractivity contribution in [2.45, 2.75) is 19.0 Å². The van der Waals surface area contributed by atoms with Crippen molar-refractivity contribution in [2.24, 2.45) is 0 Å².